The summed E-state index contributed by atoms with van der Waals surface area (Å²) in [5.41, 5.74) is 1.17. The zero-order valence-electron chi connectivity index (χ0n) is 11.7. The summed E-state index contributed by atoms with van der Waals surface area (Å²) in [5.74, 6) is 1.50. The van der Waals surface area contributed by atoms with Crippen molar-refractivity contribution in [1.82, 2.24) is 14.9 Å². The molecule has 0 radical (unpaired) electrons. The molecule has 1 aromatic heterocycles. The molecule has 0 amide bonds. The van der Waals surface area contributed by atoms with Crippen LogP contribution in [-0.4, -0.2) is 9.55 Å². The maximum absolute atomic E-state index is 13.1. The molecule has 1 N–H and O–H groups in total. The van der Waals surface area contributed by atoms with Crippen molar-refractivity contribution in [2.24, 2.45) is 13.0 Å². The van der Waals surface area contributed by atoms with Gasteiger partial charge in [-0.1, -0.05) is 18.6 Å². The third kappa shape index (κ3) is 2.75. The van der Waals surface area contributed by atoms with Crippen LogP contribution in [0.1, 0.15) is 36.7 Å². The van der Waals surface area contributed by atoms with Gasteiger partial charge in [0.05, 0.1) is 6.54 Å². The van der Waals surface area contributed by atoms with E-state index in [4.69, 9.17) is 0 Å². The minimum Gasteiger partial charge on any atom is -0.337 e. The third-order valence-corrected chi connectivity index (χ3v) is 4.25. The highest BCUT2D eigenvalue weighted by molar-refractivity contribution is 5.21. The highest BCUT2D eigenvalue weighted by Crippen LogP contribution is 2.37. The first kappa shape index (κ1) is 13.3. The second-order valence-electron chi connectivity index (χ2n) is 5.56. The Labute approximate surface area is 118 Å². The summed E-state index contributed by atoms with van der Waals surface area (Å²) in [6.07, 6.45) is 7.55. The van der Waals surface area contributed by atoms with E-state index in [2.05, 4.69) is 10.3 Å². The van der Waals surface area contributed by atoms with Crippen LogP contribution in [0.2, 0.25) is 0 Å². The summed E-state index contributed by atoms with van der Waals surface area (Å²) in [7, 11) is 2.00. The van der Waals surface area contributed by atoms with Crippen LogP contribution < -0.4 is 5.32 Å². The monoisotopic (exact) mass is 273 g/mol. The molecule has 3 nitrogen and oxygen atoms in total. The molecule has 1 aliphatic rings. The maximum atomic E-state index is 13.1. The molecule has 0 saturated heterocycles. The molecule has 0 spiro atoms. The SMILES string of the molecule is Cn1ccnc1CN[C@@H](c1ccc(F)cc1)C1CCC1. The van der Waals surface area contributed by atoms with E-state index in [-0.39, 0.29) is 5.82 Å². The Bertz CT molecular complexity index is 557. The van der Waals surface area contributed by atoms with Crippen LogP contribution in [0.25, 0.3) is 0 Å². The van der Waals surface area contributed by atoms with Gasteiger partial charge < -0.3 is 9.88 Å². The van der Waals surface area contributed by atoms with Gasteiger partial charge in [-0.05, 0) is 36.5 Å². The number of aryl methyl sites for hydroxylation is 1. The molecule has 1 fully saturated rings. The molecule has 106 valence electrons. The Balaban J connectivity index is 1.73. The van der Waals surface area contributed by atoms with Crippen molar-refractivity contribution in [3.8, 4) is 0 Å². The number of nitrogens with zero attached hydrogens (tertiary/aromatic N) is 2. The van der Waals surface area contributed by atoms with E-state index < -0.39 is 0 Å². The van der Waals surface area contributed by atoms with Crippen molar-refractivity contribution in [1.29, 1.82) is 0 Å². The fourth-order valence-corrected chi connectivity index (χ4v) is 2.77. The lowest BCUT2D eigenvalue weighted by molar-refractivity contribution is 0.228. The van der Waals surface area contributed by atoms with Crippen LogP contribution in [0.5, 0.6) is 0 Å². The maximum Gasteiger partial charge on any atom is 0.123 e. The predicted molar refractivity (Wildman–Crippen MR) is 76.5 cm³/mol. The number of benzene rings is 1. The molecule has 0 unspecified atom stereocenters. The molecule has 0 aliphatic heterocycles. The van der Waals surface area contributed by atoms with Crippen molar-refractivity contribution in [2.75, 3.05) is 0 Å². The zero-order valence-corrected chi connectivity index (χ0v) is 11.7. The van der Waals surface area contributed by atoms with E-state index in [1.807, 2.05) is 36.1 Å². The van der Waals surface area contributed by atoms with Crippen LogP contribution in [0.3, 0.4) is 0 Å². The van der Waals surface area contributed by atoms with Gasteiger partial charge in [-0.2, -0.15) is 0 Å². The molecule has 1 aromatic carbocycles. The van der Waals surface area contributed by atoms with Gasteiger partial charge >= 0.3 is 0 Å². The van der Waals surface area contributed by atoms with Crippen molar-refractivity contribution >= 4 is 0 Å². The first-order chi connectivity index (χ1) is 9.74. The number of halogens is 1. The molecule has 1 heterocycles. The predicted octanol–water partition coefficient (Wildman–Crippen LogP) is 3.19. The third-order valence-electron chi connectivity index (χ3n) is 4.25. The Morgan fingerprint density at radius 3 is 2.65 bits per heavy atom. The first-order valence-electron chi connectivity index (χ1n) is 7.19. The molecule has 1 atom stereocenters. The number of rotatable bonds is 5. The zero-order chi connectivity index (χ0) is 13.9. The normalized spacial score (nSPS) is 16.9. The number of hydrogen-bond acceptors (Lipinski definition) is 2. The largest absolute Gasteiger partial charge is 0.337 e. The van der Waals surface area contributed by atoms with Gasteiger partial charge in [-0.25, -0.2) is 9.37 Å². The van der Waals surface area contributed by atoms with E-state index in [1.165, 1.54) is 24.8 Å². The lowest BCUT2D eigenvalue weighted by atomic mass is 9.77. The van der Waals surface area contributed by atoms with E-state index in [1.54, 1.807) is 12.1 Å². The van der Waals surface area contributed by atoms with Crippen molar-refractivity contribution in [3.05, 3.63) is 53.9 Å². The van der Waals surface area contributed by atoms with Gasteiger partial charge in [0.15, 0.2) is 0 Å². The second-order valence-corrected chi connectivity index (χ2v) is 5.56. The van der Waals surface area contributed by atoms with E-state index >= 15 is 0 Å². The van der Waals surface area contributed by atoms with Crippen LogP contribution in [0.15, 0.2) is 36.7 Å². The standard InChI is InChI=1S/C16H20FN3/c1-20-10-9-18-15(20)11-19-16(12-3-2-4-12)13-5-7-14(17)8-6-13/h5-10,12,16,19H,2-4,11H2,1H3/t16-/m1/s1. The Morgan fingerprint density at radius 1 is 1.35 bits per heavy atom. The highest BCUT2D eigenvalue weighted by Gasteiger charge is 2.28. The summed E-state index contributed by atoms with van der Waals surface area (Å²) in [6.45, 7) is 0.738. The molecule has 20 heavy (non-hydrogen) atoms. The van der Waals surface area contributed by atoms with Crippen molar-refractivity contribution in [3.63, 3.8) is 0 Å². The molecular weight excluding hydrogens is 253 g/mol. The van der Waals surface area contributed by atoms with E-state index in [0.29, 0.717) is 12.0 Å². The lowest BCUT2D eigenvalue weighted by Crippen LogP contribution is -2.32. The van der Waals surface area contributed by atoms with Gasteiger partial charge in [-0.15, -0.1) is 0 Å². The summed E-state index contributed by atoms with van der Waals surface area (Å²) in [4.78, 5) is 4.34. The van der Waals surface area contributed by atoms with Crippen molar-refractivity contribution < 1.29 is 4.39 Å². The number of hydrogen-bond donors (Lipinski definition) is 1. The number of aromatic nitrogens is 2. The Hall–Kier alpha value is -1.68. The molecule has 1 saturated carbocycles. The smallest absolute Gasteiger partial charge is 0.123 e. The number of imidazole rings is 1. The Kier molecular flexibility index (Phi) is 3.83. The highest BCUT2D eigenvalue weighted by atomic mass is 19.1. The minimum atomic E-state index is -0.176. The summed E-state index contributed by atoms with van der Waals surface area (Å²) >= 11 is 0. The Morgan fingerprint density at radius 2 is 2.10 bits per heavy atom. The van der Waals surface area contributed by atoms with Gasteiger partial charge in [0, 0.05) is 25.5 Å². The molecule has 4 heteroatoms. The quantitative estimate of drug-likeness (QED) is 0.906. The van der Waals surface area contributed by atoms with Crippen LogP contribution in [0, 0.1) is 11.7 Å². The lowest BCUT2D eigenvalue weighted by Gasteiger charge is -2.34. The minimum absolute atomic E-state index is 0.176. The van der Waals surface area contributed by atoms with Crippen LogP contribution in [-0.2, 0) is 13.6 Å². The summed E-state index contributed by atoms with van der Waals surface area (Å²) in [5, 5.41) is 3.59. The van der Waals surface area contributed by atoms with Crippen LogP contribution in [0.4, 0.5) is 4.39 Å². The summed E-state index contributed by atoms with van der Waals surface area (Å²) < 4.78 is 15.1. The van der Waals surface area contributed by atoms with Crippen molar-refractivity contribution in [2.45, 2.75) is 31.8 Å². The average molecular weight is 273 g/mol. The van der Waals surface area contributed by atoms with E-state index in [9.17, 15) is 4.39 Å². The van der Waals surface area contributed by atoms with Gasteiger partial charge in [0.2, 0.25) is 0 Å². The molecular formula is C16H20FN3. The molecule has 3 rings (SSSR count). The molecule has 0 bridgehead atoms. The summed E-state index contributed by atoms with van der Waals surface area (Å²) in [6, 6.07) is 7.17. The first-order valence-corrected chi connectivity index (χ1v) is 7.19. The average Bonchev–Trinajstić information content (AvgIpc) is 2.79. The van der Waals surface area contributed by atoms with Crippen LogP contribution >= 0.6 is 0 Å². The van der Waals surface area contributed by atoms with Gasteiger partial charge in [-0.3, -0.25) is 0 Å². The fourth-order valence-electron chi connectivity index (χ4n) is 2.77. The number of nitrogens with one attached hydrogen (secondary N) is 1. The van der Waals surface area contributed by atoms with E-state index in [0.717, 1.165) is 12.4 Å². The fraction of sp³-hybridized carbons (Fsp3) is 0.438. The molecule has 1 aliphatic carbocycles. The second kappa shape index (κ2) is 5.75. The molecule has 2 aromatic rings. The van der Waals surface area contributed by atoms with Gasteiger partial charge in [0.1, 0.15) is 11.6 Å². The van der Waals surface area contributed by atoms with Gasteiger partial charge in [0.25, 0.3) is 0 Å². The topological polar surface area (TPSA) is 29.9 Å².